The maximum absolute atomic E-state index is 8.44. The molecule has 0 saturated heterocycles. The van der Waals surface area contributed by atoms with E-state index >= 15 is 0 Å². The highest BCUT2D eigenvalue weighted by Crippen LogP contribution is 2.27. The number of aliphatic hydroxyl groups excluding tert-OH is 1. The van der Waals surface area contributed by atoms with Crippen LogP contribution in [-0.2, 0) is 0 Å². The normalized spacial score (nSPS) is 49.2. The largest absolute Gasteiger partial charge is 0.393 e. The maximum atomic E-state index is 8.44. The average molecular weight is 72.1 g/mol. The Balaban J connectivity index is 2.20. The summed E-state index contributed by atoms with van der Waals surface area (Å²) in [5, 5.41) is 8.44. The number of hydrogen-bond acceptors (Lipinski definition) is 1. The quantitative estimate of drug-likeness (QED) is 0.439. The molecular formula is C4H8O. The van der Waals surface area contributed by atoms with E-state index in [2.05, 4.69) is 0 Å². The third-order valence-corrected chi connectivity index (χ3v) is 1.07. The van der Waals surface area contributed by atoms with Crippen LogP contribution in [0.4, 0.5) is 0 Å². The van der Waals surface area contributed by atoms with Crippen molar-refractivity contribution in [2.45, 2.75) is 19.4 Å². The molecule has 0 bridgehead atoms. The van der Waals surface area contributed by atoms with Gasteiger partial charge in [-0.2, -0.15) is 0 Å². The molecule has 1 fully saturated rings. The fourth-order valence-electron chi connectivity index (χ4n) is 0.302. The average Bonchev–Trinajstić information content (AvgIpc) is 1.79. The van der Waals surface area contributed by atoms with Crippen LogP contribution in [0.15, 0.2) is 0 Å². The Bertz CT molecular complexity index is 36.9. The molecule has 0 heterocycles. The van der Waals surface area contributed by atoms with Crippen LogP contribution in [0.1, 0.15) is 13.3 Å². The van der Waals surface area contributed by atoms with Gasteiger partial charge in [-0.05, 0) is 12.3 Å². The summed E-state index contributed by atoms with van der Waals surface area (Å²) in [7, 11) is 0. The van der Waals surface area contributed by atoms with Gasteiger partial charge in [-0.1, -0.05) is 6.92 Å². The molecule has 1 aliphatic rings. The molecule has 0 radical (unpaired) electrons. The van der Waals surface area contributed by atoms with Gasteiger partial charge in [-0.3, -0.25) is 0 Å². The van der Waals surface area contributed by atoms with Gasteiger partial charge in [-0.15, -0.1) is 0 Å². The van der Waals surface area contributed by atoms with E-state index in [1.54, 1.807) is 0 Å². The van der Waals surface area contributed by atoms with Crippen LogP contribution >= 0.6 is 0 Å². The summed E-state index contributed by atoms with van der Waals surface area (Å²) < 4.78 is 0. The number of rotatable bonds is 0. The fourth-order valence-corrected chi connectivity index (χ4v) is 0.302. The summed E-state index contributed by atoms with van der Waals surface area (Å²) in [4.78, 5) is 0. The van der Waals surface area contributed by atoms with Gasteiger partial charge in [0, 0.05) is 0 Å². The van der Waals surface area contributed by atoms with Crippen LogP contribution in [0.25, 0.3) is 0 Å². The first-order chi connectivity index (χ1) is 2.30. The highest BCUT2D eigenvalue weighted by atomic mass is 16.3. The predicted octanol–water partition coefficient (Wildman–Crippen LogP) is 0.387. The van der Waals surface area contributed by atoms with E-state index in [0.717, 1.165) is 6.42 Å². The van der Waals surface area contributed by atoms with Gasteiger partial charge < -0.3 is 5.11 Å². The van der Waals surface area contributed by atoms with Gasteiger partial charge in [-0.25, -0.2) is 0 Å². The van der Waals surface area contributed by atoms with E-state index in [1.807, 2.05) is 6.92 Å². The standard InChI is InChI=1S/C4H8O/c1-3-2-4(3)5/h3-5H,2H2,1H3/t3-,4+/m0/s1. The zero-order valence-corrected chi connectivity index (χ0v) is 3.31. The summed E-state index contributed by atoms with van der Waals surface area (Å²) in [6.45, 7) is 2.05. The van der Waals surface area contributed by atoms with Crippen molar-refractivity contribution in [3.05, 3.63) is 0 Å². The Hall–Kier alpha value is -0.0400. The zero-order chi connectivity index (χ0) is 3.86. The van der Waals surface area contributed by atoms with Gasteiger partial charge in [0.15, 0.2) is 0 Å². The van der Waals surface area contributed by atoms with Crippen LogP contribution in [0.3, 0.4) is 0 Å². The van der Waals surface area contributed by atoms with Gasteiger partial charge >= 0.3 is 0 Å². The Morgan fingerprint density at radius 3 is 2.00 bits per heavy atom. The monoisotopic (exact) mass is 72.1 g/mol. The van der Waals surface area contributed by atoms with Crippen LogP contribution in [0.5, 0.6) is 0 Å². The topological polar surface area (TPSA) is 20.2 Å². The molecular weight excluding hydrogens is 64.0 g/mol. The summed E-state index contributed by atoms with van der Waals surface area (Å²) in [6.07, 6.45) is 1.08. The van der Waals surface area contributed by atoms with Crippen molar-refractivity contribution in [2.24, 2.45) is 5.92 Å². The second-order valence-corrected chi connectivity index (χ2v) is 1.78. The second-order valence-electron chi connectivity index (χ2n) is 1.78. The minimum absolute atomic E-state index is 0.0509. The molecule has 30 valence electrons. The van der Waals surface area contributed by atoms with E-state index in [-0.39, 0.29) is 6.10 Å². The molecule has 0 spiro atoms. The lowest BCUT2D eigenvalue weighted by atomic mass is 10.5. The lowest BCUT2D eigenvalue weighted by Gasteiger charge is -1.68. The molecule has 1 rings (SSSR count). The Morgan fingerprint density at radius 2 is 2.00 bits per heavy atom. The molecule has 1 aliphatic carbocycles. The highest BCUT2D eigenvalue weighted by molar-refractivity contribution is 4.80. The molecule has 1 nitrogen and oxygen atoms in total. The van der Waals surface area contributed by atoms with Crippen LogP contribution in [0, 0.1) is 5.92 Å². The first-order valence-electron chi connectivity index (χ1n) is 1.99. The molecule has 0 aliphatic heterocycles. The predicted molar refractivity (Wildman–Crippen MR) is 19.8 cm³/mol. The van der Waals surface area contributed by atoms with Crippen LogP contribution < -0.4 is 0 Å². The molecule has 1 N–H and O–H groups in total. The van der Waals surface area contributed by atoms with Crippen molar-refractivity contribution in [3.63, 3.8) is 0 Å². The van der Waals surface area contributed by atoms with Gasteiger partial charge in [0.2, 0.25) is 0 Å². The number of aliphatic hydroxyl groups is 1. The minimum Gasteiger partial charge on any atom is -0.393 e. The molecule has 5 heavy (non-hydrogen) atoms. The lowest BCUT2D eigenvalue weighted by Crippen LogP contribution is -1.74. The van der Waals surface area contributed by atoms with E-state index in [0.29, 0.717) is 5.92 Å². The van der Waals surface area contributed by atoms with Crippen molar-refractivity contribution in [1.29, 1.82) is 0 Å². The smallest absolute Gasteiger partial charge is 0.0570 e. The van der Waals surface area contributed by atoms with Gasteiger partial charge in [0.25, 0.3) is 0 Å². The SMILES string of the molecule is C[C@H]1C[C@H]1O. The molecule has 2 atom stereocenters. The zero-order valence-electron chi connectivity index (χ0n) is 3.31. The van der Waals surface area contributed by atoms with E-state index < -0.39 is 0 Å². The van der Waals surface area contributed by atoms with Crippen molar-refractivity contribution in [2.75, 3.05) is 0 Å². The summed E-state index contributed by atoms with van der Waals surface area (Å²) in [6, 6.07) is 0. The maximum Gasteiger partial charge on any atom is 0.0570 e. The van der Waals surface area contributed by atoms with Crippen molar-refractivity contribution in [1.82, 2.24) is 0 Å². The van der Waals surface area contributed by atoms with Crippen molar-refractivity contribution in [3.8, 4) is 0 Å². The van der Waals surface area contributed by atoms with E-state index in [9.17, 15) is 0 Å². The molecule has 0 aromatic carbocycles. The van der Waals surface area contributed by atoms with Crippen LogP contribution in [-0.4, -0.2) is 11.2 Å². The minimum atomic E-state index is 0.0509. The van der Waals surface area contributed by atoms with E-state index in [1.165, 1.54) is 0 Å². The van der Waals surface area contributed by atoms with Gasteiger partial charge in [0.1, 0.15) is 0 Å². The molecule has 0 unspecified atom stereocenters. The molecule has 0 aromatic heterocycles. The summed E-state index contributed by atoms with van der Waals surface area (Å²) >= 11 is 0. The highest BCUT2D eigenvalue weighted by Gasteiger charge is 2.29. The summed E-state index contributed by atoms with van der Waals surface area (Å²) in [5.41, 5.74) is 0. The first kappa shape index (κ1) is 3.16. The van der Waals surface area contributed by atoms with Crippen molar-refractivity contribution < 1.29 is 5.11 Å². The Morgan fingerprint density at radius 1 is 1.80 bits per heavy atom. The third kappa shape index (κ3) is 0.428. The van der Waals surface area contributed by atoms with E-state index in [4.69, 9.17) is 5.11 Å². The Labute approximate surface area is 31.6 Å². The summed E-state index contributed by atoms with van der Waals surface area (Å²) in [5.74, 6) is 0.606. The van der Waals surface area contributed by atoms with Crippen LogP contribution in [0.2, 0.25) is 0 Å². The molecule has 1 heteroatoms. The number of hydrogen-bond donors (Lipinski definition) is 1. The first-order valence-corrected chi connectivity index (χ1v) is 1.99. The van der Waals surface area contributed by atoms with Crippen molar-refractivity contribution >= 4 is 0 Å². The fraction of sp³-hybridized carbons (Fsp3) is 1.00. The third-order valence-electron chi connectivity index (χ3n) is 1.07. The second kappa shape index (κ2) is 0.716. The lowest BCUT2D eigenvalue weighted by molar-refractivity contribution is 0.263. The molecule has 0 amide bonds. The molecule has 1 saturated carbocycles. The molecule has 0 aromatic rings. The van der Waals surface area contributed by atoms with Gasteiger partial charge in [0.05, 0.1) is 6.10 Å². The Kier molecular flexibility index (Phi) is 0.453.